The molecule has 28 heavy (non-hydrogen) atoms. The zero-order valence-corrected chi connectivity index (χ0v) is 16.4. The maximum Gasteiger partial charge on any atom is 0.192 e. The molecule has 0 atom stereocenters. The monoisotopic (exact) mass is 393 g/mol. The molecule has 142 valence electrons. The first-order valence-electron chi connectivity index (χ1n) is 8.55. The normalized spacial score (nSPS) is 11.8. The Morgan fingerprint density at radius 2 is 2.04 bits per heavy atom. The summed E-state index contributed by atoms with van der Waals surface area (Å²) in [6.45, 7) is 3.95. The number of aromatic nitrogens is 3. The third-order valence-electron chi connectivity index (χ3n) is 4.12. The van der Waals surface area contributed by atoms with Crippen LogP contribution in [0.1, 0.15) is 18.2 Å². The van der Waals surface area contributed by atoms with Crippen molar-refractivity contribution in [3.8, 4) is 17.5 Å². The van der Waals surface area contributed by atoms with Crippen molar-refractivity contribution >= 4 is 17.5 Å². The second kappa shape index (κ2) is 8.59. The molecule has 0 bridgehead atoms. The van der Waals surface area contributed by atoms with Crippen molar-refractivity contribution in [2.75, 3.05) is 5.75 Å². The van der Waals surface area contributed by atoms with Crippen LogP contribution in [0.2, 0.25) is 0 Å². The molecular formula is C20H19N5O2S. The molecule has 0 amide bonds. The van der Waals surface area contributed by atoms with Crippen molar-refractivity contribution in [2.24, 2.45) is 5.73 Å². The number of nitrogens with two attached hydrogens (primary N) is 1. The lowest BCUT2D eigenvalue weighted by atomic mass is 10.2. The molecular weight excluding hydrogens is 374 g/mol. The van der Waals surface area contributed by atoms with Crippen molar-refractivity contribution in [1.29, 1.82) is 5.26 Å². The van der Waals surface area contributed by atoms with Crippen LogP contribution in [-0.2, 0) is 11.3 Å². The number of nitrogens with zero attached hydrogens (tertiary/aromatic N) is 4. The summed E-state index contributed by atoms with van der Waals surface area (Å²) in [5, 5.41) is 18.3. The molecule has 8 heteroatoms. The molecule has 0 spiro atoms. The minimum atomic E-state index is -0.331. The Morgan fingerprint density at radius 3 is 2.64 bits per heavy atom. The summed E-state index contributed by atoms with van der Waals surface area (Å²) < 4.78 is 7.35. The zero-order valence-electron chi connectivity index (χ0n) is 15.5. The molecule has 0 aliphatic heterocycles. The Labute approximate surface area is 166 Å². The third-order valence-corrected chi connectivity index (χ3v) is 5.08. The molecule has 0 radical (unpaired) electrons. The van der Waals surface area contributed by atoms with Gasteiger partial charge in [-0.1, -0.05) is 42.1 Å². The van der Waals surface area contributed by atoms with Gasteiger partial charge in [-0.05, 0) is 25.5 Å². The number of benzene rings is 1. The molecule has 7 nitrogen and oxygen atoms in total. The minimum absolute atomic E-state index is 0.0208. The molecule has 2 heterocycles. The molecule has 3 aromatic rings. The molecule has 0 aliphatic carbocycles. The summed E-state index contributed by atoms with van der Waals surface area (Å²) in [4.78, 5) is 12.3. The Balaban J connectivity index is 1.92. The average Bonchev–Trinajstić information content (AvgIpc) is 3.27. The number of carbonyl (C=O) groups is 1. The van der Waals surface area contributed by atoms with E-state index < -0.39 is 0 Å². The van der Waals surface area contributed by atoms with Gasteiger partial charge < -0.3 is 10.2 Å². The summed E-state index contributed by atoms with van der Waals surface area (Å²) in [5.74, 6) is 1.12. The Morgan fingerprint density at radius 1 is 1.29 bits per heavy atom. The highest BCUT2D eigenvalue weighted by Gasteiger charge is 2.20. The zero-order chi connectivity index (χ0) is 20.1. The van der Waals surface area contributed by atoms with Gasteiger partial charge in [-0.2, -0.15) is 5.26 Å². The summed E-state index contributed by atoms with van der Waals surface area (Å²) in [7, 11) is 0. The van der Waals surface area contributed by atoms with Gasteiger partial charge in [0.1, 0.15) is 17.4 Å². The lowest BCUT2D eigenvalue weighted by molar-refractivity contribution is -0.112. The van der Waals surface area contributed by atoms with Crippen LogP contribution < -0.4 is 5.73 Å². The van der Waals surface area contributed by atoms with Crippen LogP contribution in [0.25, 0.3) is 11.4 Å². The number of furan rings is 1. The largest absolute Gasteiger partial charge is 0.469 e. The van der Waals surface area contributed by atoms with E-state index in [0.717, 1.165) is 16.9 Å². The van der Waals surface area contributed by atoms with E-state index in [1.807, 2.05) is 54.0 Å². The first-order valence-corrected chi connectivity index (χ1v) is 9.54. The number of hydrogen-bond acceptors (Lipinski definition) is 7. The van der Waals surface area contributed by atoms with Crippen LogP contribution in [-0.4, -0.2) is 26.3 Å². The molecule has 0 saturated carbocycles. The van der Waals surface area contributed by atoms with Crippen molar-refractivity contribution in [3.05, 3.63) is 65.3 Å². The fourth-order valence-corrected chi connectivity index (χ4v) is 3.50. The van der Waals surface area contributed by atoms with Crippen LogP contribution in [0.15, 0.2) is 63.5 Å². The van der Waals surface area contributed by atoms with Gasteiger partial charge in [-0.15, -0.1) is 10.2 Å². The van der Waals surface area contributed by atoms with Gasteiger partial charge in [-0.25, -0.2) is 0 Å². The van der Waals surface area contributed by atoms with Gasteiger partial charge in [0.15, 0.2) is 16.8 Å². The van der Waals surface area contributed by atoms with Crippen LogP contribution in [0.3, 0.4) is 0 Å². The van der Waals surface area contributed by atoms with Crippen LogP contribution >= 0.6 is 11.8 Å². The van der Waals surface area contributed by atoms with Crippen molar-refractivity contribution < 1.29 is 9.21 Å². The Kier molecular flexibility index (Phi) is 5.96. The van der Waals surface area contributed by atoms with Crippen molar-refractivity contribution in [2.45, 2.75) is 25.5 Å². The van der Waals surface area contributed by atoms with E-state index in [4.69, 9.17) is 15.4 Å². The van der Waals surface area contributed by atoms with E-state index in [9.17, 15) is 4.79 Å². The second-order valence-corrected chi connectivity index (χ2v) is 7.09. The molecule has 3 rings (SSSR count). The standard InChI is InChI=1S/C20H19N5O2S/c1-13(22)17(10-21)18(26)12-28-20-24-23-19(16-8-9-27-14(16)2)25(20)11-15-6-4-3-5-7-15/h3-9H,11-12,22H2,1-2H3. The number of hydrogen-bond donors (Lipinski definition) is 1. The smallest absolute Gasteiger partial charge is 0.192 e. The highest BCUT2D eigenvalue weighted by Crippen LogP contribution is 2.28. The molecule has 0 fully saturated rings. The highest BCUT2D eigenvalue weighted by atomic mass is 32.2. The predicted octanol–water partition coefficient (Wildman–Crippen LogP) is 3.31. The van der Waals surface area contributed by atoms with E-state index in [1.165, 1.54) is 11.8 Å². The summed E-state index contributed by atoms with van der Waals surface area (Å²) in [6.07, 6.45) is 1.61. The number of ketones is 1. The van der Waals surface area contributed by atoms with Crippen LogP contribution in [0.5, 0.6) is 0 Å². The van der Waals surface area contributed by atoms with E-state index in [2.05, 4.69) is 10.2 Å². The lowest BCUT2D eigenvalue weighted by Crippen LogP contribution is -2.11. The van der Waals surface area contributed by atoms with Crippen LogP contribution in [0.4, 0.5) is 0 Å². The Bertz CT molecular complexity index is 1060. The van der Waals surface area contributed by atoms with Crippen LogP contribution in [0, 0.1) is 18.3 Å². The fourth-order valence-electron chi connectivity index (χ4n) is 2.69. The number of carbonyl (C=O) groups excluding carboxylic acids is 1. The molecule has 1 aromatic carbocycles. The van der Waals surface area contributed by atoms with Gasteiger partial charge in [-0.3, -0.25) is 9.36 Å². The Hall–Kier alpha value is -3.31. The summed E-state index contributed by atoms with van der Waals surface area (Å²) in [6, 6.07) is 13.6. The lowest BCUT2D eigenvalue weighted by Gasteiger charge is -2.10. The topological polar surface area (TPSA) is 111 Å². The molecule has 0 unspecified atom stereocenters. The fraction of sp³-hybridized carbons (Fsp3) is 0.200. The number of allylic oxidation sites excluding steroid dienone is 2. The summed E-state index contributed by atoms with van der Waals surface area (Å²) >= 11 is 1.23. The van der Waals surface area contributed by atoms with E-state index in [0.29, 0.717) is 17.5 Å². The quantitative estimate of drug-likeness (QED) is 0.372. The average molecular weight is 393 g/mol. The highest BCUT2D eigenvalue weighted by molar-refractivity contribution is 7.99. The van der Waals surface area contributed by atoms with Crippen molar-refractivity contribution in [3.63, 3.8) is 0 Å². The maximum absolute atomic E-state index is 12.3. The second-order valence-electron chi connectivity index (χ2n) is 6.15. The van der Waals surface area contributed by atoms with E-state index in [-0.39, 0.29) is 22.8 Å². The number of rotatable bonds is 7. The van der Waals surface area contributed by atoms with Gasteiger partial charge in [0.2, 0.25) is 0 Å². The molecule has 0 saturated heterocycles. The molecule has 2 N–H and O–H groups in total. The van der Waals surface area contributed by atoms with Crippen molar-refractivity contribution in [1.82, 2.24) is 14.8 Å². The molecule has 0 aliphatic rings. The van der Waals surface area contributed by atoms with Gasteiger partial charge in [0.05, 0.1) is 24.1 Å². The number of thioether (sulfide) groups is 1. The first-order chi connectivity index (χ1) is 13.5. The van der Waals surface area contributed by atoms with Gasteiger partial charge in [0.25, 0.3) is 0 Å². The third kappa shape index (κ3) is 4.15. The summed E-state index contributed by atoms with van der Waals surface area (Å²) in [5.41, 5.74) is 7.73. The number of nitriles is 1. The number of Topliss-reactive ketones (excluding diaryl/α,β-unsaturated/α-hetero) is 1. The van der Waals surface area contributed by atoms with E-state index >= 15 is 0 Å². The minimum Gasteiger partial charge on any atom is -0.469 e. The van der Waals surface area contributed by atoms with Gasteiger partial charge in [0, 0.05) is 5.70 Å². The number of aryl methyl sites for hydroxylation is 1. The predicted molar refractivity (Wildman–Crippen MR) is 106 cm³/mol. The molecule has 2 aromatic heterocycles. The first kappa shape index (κ1) is 19.5. The SMILES string of the molecule is CC(N)=C(C#N)C(=O)CSc1nnc(-c2ccoc2C)n1Cc1ccccc1. The van der Waals surface area contributed by atoms with E-state index in [1.54, 1.807) is 13.2 Å². The van der Waals surface area contributed by atoms with Gasteiger partial charge >= 0.3 is 0 Å². The maximum atomic E-state index is 12.3.